The molecule has 0 N–H and O–H groups in total. The molecule has 2 aliphatic rings. The molecular weight excluding hydrogens is 258 g/mol. The van der Waals surface area contributed by atoms with Crippen LogP contribution in [-0.4, -0.2) is 41.3 Å². The van der Waals surface area contributed by atoms with Crippen LogP contribution in [-0.2, 0) is 22.5 Å². The molecule has 1 aliphatic heterocycles. The lowest BCUT2D eigenvalue weighted by Gasteiger charge is -2.25. The number of fused-ring (bicyclic) bond motifs is 1. The van der Waals surface area contributed by atoms with Gasteiger partial charge in [-0.2, -0.15) is 0 Å². The van der Waals surface area contributed by atoms with Crippen LogP contribution in [0.15, 0.2) is 4.42 Å². The number of aryl methyl sites for hydroxylation is 1. The molecule has 0 radical (unpaired) electrons. The van der Waals surface area contributed by atoms with E-state index < -0.39 is 0 Å². The van der Waals surface area contributed by atoms with Gasteiger partial charge in [0.25, 0.3) is 0 Å². The van der Waals surface area contributed by atoms with Crippen molar-refractivity contribution in [2.45, 2.75) is 39.2 Å². The second kappa shape index (κ2) is 5.16. The minimum atomic E-state index is -0.303. The van der Waals surface area contributed by atoms with Gasteiger partial charge in [-0.3, -0.25) is 9.69 Å². The van der Waals surface area contributed by atoms with Crippen LogP contribution in [0.4, 0.5) is 0 Å². The lowest BCUT2D eigenvalue weighted by Crippen LogP contribution is -2.36. The molecule has 2 atom stereocenters. The lowest BCUT2D eigenvalue weighted by molar-refractivity contribution is -0.153. The van der Waals surface area contributed by atoms with E-state index in [0.717, 1.165) is 38.8 Å². The first-order chi connectivity index (χ1) is 9.68. The van der Waals surface area contributed by atoms with E-state index in [9.17, 15) is 4.79 Å². The highest BCUT2D eigenvalue weighted by atomic mass is 16.5. The van der Waals surface area contributed by atoms with Gasteiger partial charge < -0.3 is 9.15 Å². The van der Waals surface area contributed by atoms with Gasteiger partial charge in [0.2, 0.25) is 11.8 Å². The number of esters is 1. The minimum absolute atomic E-state index is 0.0534. The monoisotopic (exact) mass is 279 g/mol. The summed E-state index contributed by atoms with van der Waals surface area (Å²) in [6.07, 6.45) is 3.91. The minimum Gasteiger partial charge on any atom is -0.469 e. The summed E-state index contributed by atoms with van der Waals surface area (Å²) >= 11 is 0. The molecule has 1 saturated carbocycles. The Balaban J connectivity index is 1.70. The molecule has 20 heavy (non-hydrogen) atoms. The maximum absolute atomic E-state index is 12.2. The Morgan fingerprint density at radius 2 is 2.30 bits per heavy atom. The first-order valence-corrected chi connectivity index (χ1v) is 7.30. The predicted octanol–water partition coefficient (Wildman–Crippen LogP) is 1.41. The fraction of sp³-hybridized carbons (Fsp3) is 0.786. The average molecular weight is 279 g/mol. The molecule has 6 nitrogen and oxygen atoms in total. The number of rotatable bonds is 4. The summed E-state index contributed by atoms with van der Waals surface area (Å²) in [6.45, 7) is 4.28. The Morgan fingerprint density at radius 3 is 3.00 bits per heavy atom. The van der Waals surface area contributed by atoms with Gasteiger partial charge in [0.05, 0.1) is 19.1 Å². The van der Waals surface area contributed by atoms with Crippen LogP contribution in [0.25, 0.3) is 0 Å². The van der Waals surface area contributed by atoms with Gasteiger partial charge in [-0.25, -0.2) is 0 Å². The summed E-state index contributed by atoms with van der Waals surface area (Å²) in [5.74, 6) is 1.66. The Hall–Kier alpha value is -1.43. The van der Waals surface area contributed by atoms with Gasteiger partial charge in [0, 0.05) is 19.5 Å². The number of nitrogens with zero attached hydrogens (tertiary/aromatic N) is 3. The number of likely N-dealkylation sites (tertiary alicyclic amines) is 1. The molecule has 0 spiro atoms. The summed E-state index contributed by atoms with van der Waals surface area (Å²) in [7, 11) is 1.49. The highest BCUT2D eigenvalue weighted by Gasteiger charge is 2.55. The van der Waals surface area contributed by atoms with Crippen LogP contribution >= 0.6 is 0 Å². The van der Waals surface area contributed by atoms with E-state index >= 15 is 0 Å². The van der Waals surface area contributed by atoms with Gasteiger partial charge >= 0.3 is 5.97 Å². The van der Waals surface area contributed by atoms with E-state index in [1.54, 1.807) is 0 Å². The topological polar surface area (TPSA) is 68.5 Å². The molecule has 2 heterocycles. The number of hydrogen-bond acceptors (Lipinski definition) is 6. The van der Waals surface area contributed by atoms with Gasteiger partial charge in [-0.1, -0.05) is 13.3 Å². The summed E-state index contributed by atoms with van der Waals surface area (Å²) in [5, 5.41) is 8.04. The van der Waals surface area contributed by atoms with Crippen molar-refractivity contribution in [3.63, 3.8) is 0 Å². The molecule has 6 heteroatoms. The Kier molecular flexibility index (Phi) is 3.50. The molecule has 1 aromatic heterocycles. The first-order valence-electron chi connectivity index (χ1n) is 7.30. The summed E-state index contributed by atoms with van der Waals surface area (Å²) in [4.78, 5) is 14.4. The fourth-order valence-electron chi connectivity index (χ4n) is 3.74. The zero-order valence-corrected chi connectivity index (χ0v) is 12.1. The SMILES string of the molecule is CCc1nnc(CN2CC3CCCC3(C(=O)OC)C2)o1. The maximum Gasteiger partial charge on any atom is 0.313 e. The molecule has 1 saturated heterocycles. The van der Waals surface area contributed by atoms with Crippen molar-refractivity contribution in [3.8, 4) is 0 Å². The molecule has 1 aliphatic carbocycles. The molecule has 2 fully saturated rings. The number of aromatic nitrogens is 2. The predicted molar refractivity (Wildman–Crippen MR) is 70.7 cm³/mol. The highest BCUT2D eigenvalue weighted by molar-refractivity contribution is 5.78. The van der Waals surface area contributed by atoms with Crippen molar-refractivity contribution >= 4 is 5.97 Å². The van der Waals surface area contributed by atoms with Crippen molar-refractivity contribution in [1.82, 2.24) is 15.1 Å². The van der Waals surface area contributed by atoms with E-state index in [0.29, 0.717) is 24.2 Å². The molecule has 0 bridgehead atoms. The van der Waals surface area contributed by atoms with Gasteiger partial charge in [0.15, 0.2) is 0 Å². The van der Waals surface area contributed by atoms with Crippen LogP contribution in [0.3, 0.4) is 0 Å². The number of hydrogen-bond donors (Lipinski definition) is 0. The number of ether oxygens (including phenoxy) is 1. The van der Waals surface area contributed by atoms with Gasteiger partial charge in [-0.15, -0.1) is 10.2 Å². The van der Waals surface area contributed by atoms with E-state index in [1.165, 1.54) is 7.11 Å². The van der Waals surface area contributed by atoms with Gasteiger partial charge in [-0.05, 0) is 18.8 Å². The molecule has 0 aromatic carbocycles. The van der Waals surface area contributed by atoms with Crippen molar-refractivity contribution in [2.24, 2.45) is 11.3 Å². The Labute approximate surface area is 118 Å². The second-order valence-electron chi connectivity index (χ2n) is 5.85. The van der Waals surface area contributed by atoms with Crippen LogP contribution in [0.1, 0.15) is 38.0 Å². The zero-order valence-electron chi connectivity index (χ0n) is 12.1. The third-order valence-corrected chi connectivity index (χ3v) is 4.70. The highest BCUT2D eigenvalue weighted by Crippen LogP contribution is 2.49. The molecule has 2 unspecified atom stereocenters. The fourth-order valence-corrected chi connectivity index (χ4v) is 3.74. The summed E-state index contributed by atoms with van der Waals surface area (Å²) in [6, 6.07) is 0. The van der Waals surface area contributed by atoms with Crippen molar-refractivity contribution in [3.05, 3.63) is 11.8 Å². The van der Waals surface area contributed by atoms with Crippen molar-refractivity contribution in [2.75, 3.05) is 20.2 Å². The van der Waals surface area contributed by atoms with Gasteiger partial charge in [0.1, 0.15) is 0 Å². The smallest absolute Gasteiger partial charge is 0.313 e. The third-order valence-electron chi connectivity index (χ3n) is 4.70. The van der Waals surface area contributed by atoms with E-state index in [-0.39, 0.29) is 11.4 Å². The molecule has 110 valence electrons. The Morgan fingerprint density at radius 1 is 1.50 bits per heavy atom. The maximum atomic E-state index is 12.2. The first kappa shape index (κ1) is 13.5. The molecule has 1 aromatic rings. The number of carbonyl (C=O) groups is 1. The summed E-state index contributed by atoms with van der Waals surface area (Å²) in [5.41, 5.74) is -0.303. The number of methoxy groups -OCH3 is 1. The largest absolute Gasteiger partial charge is 0.469 e. The summed E-state index contributed by atoms with van der Waals surface area (Å²) < 4.78 is 10.6. The third kappa shape index (κ3) is 2.12. The van der Waals surface area contributed by atoms with Crippen molar-refractivity contribution in [1.29, 1.82) is 0 Å². The Bertz CT molecular complexity index is 502. The second-order valence-corrected chi connectivity index (χ2v) is 5.85. The van der Waals surface area contributed by atoms with Crippen LogP contribution in [0, 0.1) is 11.3 Å². The molecule has 0 amide bonds. The van der Waals surface area contributed by atoms with E-state index in [4.69, 9.17) is 9.15 Å². The molecular formula is C14H21N3O3. The standard InChI is InChI=1S/C14H21N3O3/c1-3-11-15-16-12(20-11)8-17-7-10-5-4-6-14(10,9-17)13(18)19-2/h10H,3-9H2,1-2H3. The van der Waals surface area contributed by atoms with E-state index in [2.05, 4.69) is 15.1 Å². The van der Waals surface area contributed by atoms with Crippen LogP contribution in [0.2, 0.25) is 0 Å². The zero-order chi connectivity index (χ0) is 14.2. The normalized spacial score (nSPS) is 29.6. The van der Waals surface area contributed by atoms with Crippen LogP contribution < -0.4 is 0 Å². The number of carbonyl (C=O) groups excluding carboxylic acids is 1. The average Bonchev–Trinajstić information content (AvgIpc) is 3.11. The molecule has 3 rings (SSSR count). The van der Waals surface area contributed by atoms with Crippen molar-refractivity contribution < 1.29 is 13.9 Å². The quantitative estimate of drug-likeness (QED) is 0.776. The van der Waals surface area contributed by atoms with Crippen LogP contribution in [0.5, 0.6) is 0 Å². The lowest BCUT2D eigenvalue weighted by atomic mass is 9.81. The van der Waals surface area contributed by atoms with E-state index in [1.807, 2.05) is 6.92 Å².